The molecular formula is C12H8N4O2. The molecule has 3 aromatic rings. The third-order valence-electron chi connectivity index (χ3n) is 2.53. The predicted molar refractivity (Wildman–Crippen MR) is 63.2 cm³/mol. The number of nitrogens with zero attached hydrogens (tertiary/aromatic N) is 4. The number of fused-ring (bicyclic) bond motifs is 1. The lowest BCUT2D eigenvalue weighted by atomic mass is 10.1. The van der Waals surface area contributed by atoms with Crippen LogP contribution in [-0.4, -0.2) is 30.7 Å². The van der Waals surface area contributed by atoms with Crippen LogP contribution in [0.25, 0.3) is 17.0 Å². The Morgan fingerprint density at radius 3 is 2.67 bits per heavy atom. The lowest BCUT2D eigenvalue weighted by molar-refractivity contribution is 0.0697. The molecule has 0 aliphatic heterocycles. The van der Waals surface area contributed by atoms with Gasteiger partial charge in [0.15, 0.2) is 11.5 Å². The highest BCUT2D eigenvalue weighted by atomic mass is 16.4. The Bertz CT molecular complexity index is 685. The van der Waals surface area contributed by atoms with Gasteiger partial charge in [-0.15, -0.1) is 5.10 Å². The molecule has 0 aliphatic rings. The van der Waals surface area contributed by atoms with Gasteiger partial charge in [0.1, 0.15) is 0 Å². The van der Waals surface area contributed by atoms with E-state index in [0.717, 1.165) is 5.56 Å². The van der Waals surface area contributed by atoms with Crippen molar-refractivity contribution in [2.45, 2.75) is 0 Å². The third-order valence-corrected chi connectivity index (χ3v) is 2.53. The van der Waals surface area contributed by atoms with E-state index < -0.39 is 5.97 Å². The first-order valence-electron chi connectivity index (χ1n) is 5.24. The molecule has 0 spiro atoms. The average Bonchev–Trinajstić information content (AvgIpc) is 2.82. The van der Waals surface area contributed by atoms with Crippen molar-refractivity contribution in [3.05, 3.63) is 48.4 Å². The maximum atomic E-state index is 10.7. The first-order chi connectivity index (χ1) is 8.74. The molecule has 6 heteroatoms. The van der Waals surface area contributed by atoms with Gasteiger partial charge in [-0.3, -0.25) is 4.98 Å². The van der Waals surface area contributed by atoms with Crippen molar-refractivity contribution in [3.63, 3.8) is 0 Å². The van der Waals surface area contributed by atoms with Crippen LogP contribution in [0.15, 0.2) is 42.9 Å². The Hall–Kier alpha value is -2.76. The summed E-state index contributed by atoms with van der Waals surface area (Å²) < 4.78 is 1.62. The van der Waals surface area contributed by atoms with E-state index in [1.807, 2.05) is 0 Å². The van der Waals surface area contributed by atoms with Gasteiger partial charge in [-0.2, -0.15) is 0 Å². The molecule has 0 bridgehead atoms. The minimum atomic E-state index is -0.950. The van der Waals surface area contributed by atoms with Gasteiger partial charge in [-0.05, 0) is 12.1 Å². The topological polar surface area (TPSA) is 80.4 Å². The largest absolute Gasteiger partial charge is 0.478 e. The molecule has 18 heavy (non-hydrogen) atoms. The Morgan fingerprint density at radius 2 is 2.00 bits per heavy atom. The SMILES string of the molecule is O=C(O)c1ccc(-c2nc3cnccn3n2)cc1. The van der Waals surface area contributed by atoms with Crippen LogP contribution in [0.3, 0.4) is 0 Å². The molecule has 0 aliphatic carbocycles. The summed E-state index contributed by atoms with van der Waals surface area (Å²) >= 11 is 0. The summed E-state index contributed by atoms with van der Waals surface area (Å²) in [5.74, 6) is -0.409. The molecule has 1 N–H and O–H groups in total. The second-order valence-electron chi connectivity index (χ2n) is 3.70. The van der Waals surface area contributed by atoms with Gasteiger partial charge in [0.2, 0.25) is 0 Å². The molecule has 2 heterocycles. The molecule has 0 radical (unpaired) electrons. The minimum Gasteiger partial charge on any atom is -0.478 e. The maximum Gasteiger partial charge on any atom is 0.335 e. The molecule has 1 aromatic carbocycles. The van der Waals surface area contributed by atoms with Crippen LogP contribution in [0.5, 0.6) is 0 Å². The number of hydrogen-bond acceptors (Lipinski definition) is 4. The molecule has 2 aromatic heterocycles. The summed E-state index contributed by atoms with van der Waals surface area (Å²) in [6.07, 6.45) is 4.94. The zero-order valence-electron chi connectivity index (χ0n) is 9.19. The Labute approximate surface area is 102 Å². The van der Waals surface area contributed by atoms with E-state index in [4.69, 9.17) is 5.11 Å². The lowest BCUT2D eigenvalue weighted by Crippen LogP contribution is -1.95. The fraction of sp³-hybridized carbons (Fsp3) is 0. The summed E-state index contributed by atoms with van der Waals surface area (Å²) in [5, 5.41) is 13.1. The smallest absolute Gasteiger partial charge is 0.335 e. The van der Waals surface area contributed by atoms with E-state index in [1.165, 1.54) is 12.1 Å². The van der Waals surface area contributed by atoms with Gasteiger partial charge in [-0.1, -0.05) is 12.1 Å². The van der Waals surface area contributed by atoms with Gasteiger partial charge in [0.25, 0.3) is 0 Å². The number of benzene rings is 1. The number of hydrogen-bond donors (Lipinski definition) is 1. The fourth-order valence-electron chi connectivity index (χ4n) is 1.63. The van der Waals surface area contributed by atoms with Crippen molar-refractivity contribution in [2.24, 2.45) is 0 Å². The Morgan fingerprint density at radius 1 is 1.22 bits per heavy atom. The minimum absolute atomic E-state index is 0.240. The number of aromatic carboxylic acids is 1. The van der Waals surface area contributed by atoms with Crippen LogP contribution in [-0.2, 0) is 0 Å². The van der Waals surface area contributed by atoms with Crippen LogP contribution in [0.2, 0.25) is 0 Å². The van der Waals surface area contributed by atoms with E-state index in [1.54, 1.807) is 35.2 Å². The zero-order chi connectivity index (χ0) is 12.5. The number of carbonyl (C=O) groups is 1. The van der Waals surface area contributed by atoms with E-state index in [0.29, 0.717) is 11.5 Å². The molecule has 0 unspecified atom stereocenters. The molecule has 6 nitrogen and oxygen atoms in total. The highest BCUT2D eigenvalue weighted by Gasteiger charge is 2.07. The molecule has 3 rings (SSSR count). The quantitative estimate of drug-likeness (QED) is 0.734. The van der Waals surface area contributed by atoms with Gasteiger partial charge in [0.05, 0.1) is 11.8 Å². The Kier molecular flexibility index (Phi) is 2.26. The van der Waals surface area contributed by atoms with E-state index in [-0.39, 0.29) is 5.56 Å². The molecule has 0 atom stereocenters. The molecule has 0 amide bonds. The molecule has 0 fully saturated rings. The second kappa shape index (κ2) is 3.92. The fourth-order valence-corrected chi connectivity index (χ4v) is 1.63. The number of rotatable bonds is 2. The van der Waals surface area contributed by atoms with Crippen LogP contribution >= 0.6 is 0 Å². The van der Waals surface area contributed by atoms with Gasteiger partial charge >= 0.3 is 5.97 Å². The summed E-state index contributed by atoms with van der Waals surface area (Å²) in [6, 6.07) is 6.43. The van der Waals surface area contributed by atoms with Crippen molar-refractivity contribution in [1.82, 2.24) is 19.6 Å². The monoisotopic (exact) mass is 240 g/mol. The number of carboxylic acids is 1. The maximum absolute atomic E-state index is 10.7. The van der Waals surface area contributed by atoms with E-state index in [2.05, 4.69) is 15.1 Å². The van der Waals surface area contributed by atoms with Crippen LogP contribution in [0.4, 0.5) is 0 Å². The predicted octanol–water partition coefficient (Wildman–Crippen LogP) is 1.49. The second-order valence-corrected chi connectivity index (χ2v) is 3.70. The van der Waals surface area contributed by atoms with Crippen LogP contribution in [0.1, 0.15) is 10.4 Å². The zero-order valence-corrected chi connectivity index (χ0v) is 9.19. The van der Waals surface area contributed by atoms with Crippen LogP contribution < -0.4 is 0 Å². The van der Waals surface area contributed by atoms with Crippen molar-refractivity contribution in [2.75, 3.05) is 0 Å². The summed E-state index contributed by atoms with van der Waals surface area (Å²) in [4.78, 5) is 19.0. The molecule has 88 valence electrons. The highest BCUT2D eigenvalue weighted by molar-refractivity contribution is 5.88. The van der Waals surface area contributed by atoms with Crippen molar-refractivity contribution in [3.8, 4) is 11.4 Å². The first-order valence-corrected chi connectivity index (χ1v) is 5.24. The molecule has 0 saturated heterocycles. The van der Waals surface area contributed by atoms with Gasteiger partial charge < -0.3 is 5.11 Å². The third kappa shape index (κ3) is 1.69. The summed E-state index contributed by atoms with van der Waals surface area (Å²) in [5.41, 5.74) is 1.66. The Balaban J connectivity index is 2.06. The first kappa shape index (κ1) is 10.4. The highest BCUT2D eigenvalue weighted by Crippen LogP contribution is 2.16. The van der Waals surface area contributed by atoms with Crippen LogP contribution in [0, 0.1) is 0 Å². The van der Waals surface area contributed by atoms with Gasteiger partial charge in [-0.25, -0.2) is 14.3 Å². The average molecular weight is 240 g/mol. The number of carboxylic acid groups (broad SMARTS) is 1. The van der Waals surface area contributed by atoms with E-state index >= 15 is 0 Å². The number of aromatic nitrogens is 4. The van der Waals surface area contributed by atoms with Gasteiger partial charge in [0, 0.05) is 18.0 Å². The van der Waals surface area contributed by atoms with E-state index in [9.17, 15) is 4.79 Å². The molecular weight excluding hydrogens is 232 g/mol. The lowest BCUT2D eigenvalue weighted by Gasteiger charge is -1.96. The van der Waals surface area contributed by atoms with Crippen molar-refractivity contribution < 1.29 is 9.90 Å². The summed E-state index contributed by atoms with van der Waals surface area (Å²) in [7, 11) is 0. The standard InChI is InChI=1S/C12H8N4O2/c17-12(18)9-3-1-8(2-4-9)11-14-10-7-13-5-6-16(10)15-11/h1-7H,(H,17,18). The summed E-state index contributed by atoms with van der Waals surface area (Å²) in [6.45, 7) is 0. The molecule has 0 saturated carbocycles. The normalized spacial score (nSPS) is 10.7. The van der Waals surface area contributed by atoms with Crippen molar-refractivity contribution >= 4 is 11.6 Å². The van der Waals surface area contributed by atoms with Crippen molar-refractivity contribution in [1.29, 1.82) is 0 Å².